The first-order chi connectivity index (χ1) is 14.7. The number of aliphatic carboxylic acids is 1. The van der Waals surface area contributed by atoms with Gasteiger partial charge in [0.05, 0.1) is 18.4 Å². The highest BCUT2D eigenvalue weighted by Gasteiger charge is 2.35. The molecule has 1 heterocycles. The summed E-state index contributed by atoms with van der Waals surface area (Å²) in [5, 5.41) is 12.7. The molecule has 0 fully saturated rings. The molecule has 0 unspecified atom stereocenters. The number of esters is 1. The maximum atomic E-state index is 13.0. The highest BCUT2D eigenvalue weighted by molar-refractivity contribution is 7.17. The first-order valence-corrected chi connectivity index (χ1v) is 11.1. The summed E-state index contributed by atoms with van der Waals surface area (Å²) >= 11 is 1.30. The first kappa shape index (κ1) is 22.7. The lowest BCUT2D eigenvalue weighted by Gasteiger charge is -2.24. The van der Waals surface area contributed by atoms with Crippen LogP contribution in [0.1, 0.15) is 46.1 Å². The van der Waals surface area contributed by atoms with Gasteiger partial charge in [-0.25, -0.2) is 4.79 Å². The Kier molecular flexibility index (Phi) is 6.95. The van der Waals surface area contributed by atoms with Gasteiger partial charge in [-0.15, -0.1) is 11.3 Å². The number of carbonyl (C=O) groups is 3. The number of nitrogens with one attached hydrogen (secondary N) is 1. The number of allylic oxidation sites excluding steroid dienone is 2. The van der Waals surface area contributed by atoms with E-state index in [1.807, 2.05) is 45.0 Å². The number of amides is 1. The topological polar surface area (TPSA) is 92.7 Å². The van der Waals surface area contributed by atoms with Crippen molar-refractivity contribution in [1.82, 2.24) is 0 Å². The molecule has 0 bridgehead atoms. The van der Waals surface area contributed by atoms with E-state index in [2.05, 4.69) is 5.32 Å². The Morgan fingerprint density at radius 1 is 1.10 bits per heavy atom. The van der Waals surface area contributed by atoms with Crippen molar-refractivity contribution in [2.45, 2.75) is 40.5 Å². The molecule has 3 rings (SSSR count). The standard InChI is InChI=1S/C24H27NO5S/c1-5-30-24(29)20-19(16-11-10-13(2)14(3)12-16)15(4)31-22(20)25-21(26)17-8-6-7-9-18(17)23(27)28/h6-7,10-12,17-18H,5,8-9H2,1-4H3,(H,25,26)(H,27,28)/t17-,18+/m0/s1. The van der Waals surface area contributed by atoms with E-state index in [0.717, 1.165) is 27.1 Å². The summed E-state index contributed by atoms with van der Waals surface area (Å²) in [6.07, 6.45) is 4.29. The van der Waals surface area contributed by atoms with Gasteiger partial charge in [-0.05, 0) is 57.2 Å². The van der Waals surface area contributed by atoms with Gasteiger partial charge < -0.3 is 15.2 Å². The lowest BCUT2D eigenvalue weighted by atomic mass is 9.82. The molecule has 0 saturated carbocycles. The molecule has 6 nitrogen and oxygen atoms in total. The van der Waals surface area contributed by atoms with Crippen LogP contribution in [0, 0.1) is 32.6 Å². The number of hydrogen-bond acceptors (Lipinski definition) is 5. The molecule has 7 heteroatoms. The largest absolute Gasteiger partial charge is 0.481 e. The van der Waals surface area contributed by atoms with E-state index in [-0.39, 0.29) is 6.61 Å². The molecular formula is C24H27NO5S. The monoisotopic (exact) mass is 441 g/mol. The van der Waals surface area contributed by atoms with Crippen LogP contribution in [-0.4, -0.2) is 29.6 Å². The van der Waals surface area contributed by atoms with Gasteiger partial charge in [0.2, 0.25) is 5.91 Å². The Hall–Kier alpha value is -2.93. The number of rotatable bonds is 6. The van der Waals surface area contributed by atoms with Crippen molar-refractivity contribution < 1.29 is 24.2 Å². The molecule has 1 aromatic carbocycles. The summed E-state index contributed by atoms with van der Waals surface area (Å²) < 4.78 is 5.30. The minimum Gasteiger partial charge on any atom is -0.481 e. The number of thiophene rings is 1. The van der Waals surface area contributed by atoms with Crippen molar-refractivity contribution >= 4 is 34.2 Å². The van der Waals surface area contributed by atoms with E-state index in [0.29, 0.717) is 23.4 Å². The van der Waals surface area contributed by atoms with Gasteiger partial charge in [0.1, 0.15) is 10.6 Å². The fourth-order valence-electron chi connectivity index (χ4n) is 3.86. The SMILES string of the molecule is CCOC(=O)c1c(NC(=O)[C@H]2CC=CC[C@H]2C(=O)O)sc(C)c1-c1ccc(C)c(C)c1. The van der Waals surface area contributed by atoms with Crippen molar-refractivity contribution in [3.8, 4) is 11.1 Å². The fraction of sp³-hybridized carbons (Fsp3) is 0.375. The summed E-state index contributed by atoms with van der Waals surface area (Å²) in [5.41, 5.74) is 4.18. The van der Waals surface area contributed by atoms with Crippen LogP contribution in [0.2, 0.25) is 0 Å². The van der Waals surface area contributed by atoms with Crippen LogP contribution < -0.4 is 5.32 Å². The maximum Gasteiger partial charge on any atom is 0.341 e. The smallest absolute Gasteiger partial charge is 0.341 e. The molecule has 1 amide bonds. The fourth-order valence-corrected chi connectivity index (χ4v) is 4.92. The minimum atomic E-state index is -0.992. The third-order valence-corrected chi connectivity index (χ3v) is 6.70. The molecule has 164 valence electrons. The Balaban J connectivity index is 2.03. The number of hydrogen-bond donors (Lipinski definition) is 2. The quantitative estimate of drug-likeness (QED) is 0.479. The van der Waals surface area contributed by atoms with Crippen LogP contribution in [0.25, 0.3) is 11.1 Å². The Morgan fingerprint density at radius 2 is 1.77 bits per heavy atom. The van der Waals surface area contributed by atoms with Gasteiger partial charge in [-0.2, -0.15) is 0 Å². The molecule has 2 atom stereocenters. The number of carbonyl (C=O) groups excluding carboxylic acids is 2. The number of carboxylic acid groups (broad SMARTS) is 1. The third-order valence-electron chi connectivity index (χ3n) is 5.68. The summed E-state index contributed by atoms with van der Waals surface area (Å²) in [6, 6.07) is 5.98. The lowest BCUT2D eigenvalue weighted by Crippen LogP contribution is -2.34. The van der Waals surface area contributed by atoms with Gasteiger partial charge in [0.15, 0.2) is 0 Å². The number of ether oxygens (including phenoxy) is 1. The predicted octanol–water partition coefficient (Wildman–Crippen LogP) is 5.12. The molecule has 2 N–H and O–H groups in total. The second-order valence-electron chi connectivity index (χ2n) is 7.74. The number of benzene rings is 1. The molecule has 0 spiro atoms. The van der Waals surface area contributed by atoms with Crippen molar-refractivity contribution in [3.63, 3.8) is 0 Å². The highest BCUT2D eigenvalue weighted by atomic mass is 32.1. The van der Waals surface area contributed by atoms with E-state index < -0.39 is 29.7 Å². The number of carboxylic acids is 1. The van der Waals surface area contributed by atoms with Crippen LogP contribution in [0.15, 0.2) is 30.4 Å². The Morgan fingerprint density at radius 3 is 2.39 bits per heavy atom. The Labute approximate surface area is 185 Å². The number of anilines is 1. The zero-order chi connectivity index (χ0) is 22.7. The van der Waals surface area contributed by atoms with Crippen molar-refractivity contribution in [2.75, 3.05) is 11.9 Å². The van der Waals surface area contributed by atoms with E-state index >= 15 is 0 Å². The molecule has 2 aromatic rings. The first-order valence-electron chi connectivity index (χ1n) is 10.3. The second kappa shape index (κ2) is 9.47. The lowest BCUT2D eigenvalue weighted by molar-refractivity contribution is -0.146. The van der Waals surface area contributed by atoms with Gasteiger partial charge in [-0.1, -0.05) is 30.4 Å². The second-order valence-corrected chi connectivity index (χ2v) is 8.96. The van der Waals surface area contributed by atoms with E-state index in [4.69, 9.17) is 4.74 Å². The van der Waals surface area contributed by atoms with Gasteiger partial charge in [0, 0.05) is 10.4 Å². The zero-order valence-corrected chi connectivity index (χ0v) is 19.0. The van der Waals surface area contributed by atoms with Crippen LogP contribution in [0.3, 0.4) is 0 Å². The van der Waals surface area contributed by atoms with Crippen LogP contribution in [0.5, 0.6) is 0 Å². The summed E-state index contributed by atoms with van der Waals surface area (Å²) in [5.74, 6) is -3.36. The van der Waals surface area contributed by atoms with E-state index in [9.17, 15) is 19.5 Å². The third kappa shape index (κ3) is 4.71. The zero-order valence-electron chi connectivity index (χ0n) is 18.2. The van der Waals surface area contributed by atoms with Crippen molar-refractivity contribution in [2.24, 2.45) is 11.8 Å². The van der Waals surface area contributed by atoms with Crippen molar-refractivity contribution in [3.05, 3.63) is 51.9 Å². The van der Waals surface area contributed by atoms with Crippen LogP contribution >= 0.6 is 11.3 Å². The van der Waals surface area contributed by atoms with Crippen LogP contribution in [-0.2, 0) is 14.3 Å². The van der Waals surface area contributed by atoms with Gasteiger partial charge >= 0.3 is 11.9 Å². The van der Waals surface area contributed by atoms with Gasteiger partial charge in [0.25, 0.3) is 0 Å². The molecule has 0 aliphatic heterocycles. The molecular weight excluding hydrogens is 414 g/mol. The van der Waals surface area contributed by atoms with Gasteiger partial charge in [-0.3, -0.25) is 9.59 Å². The molecule has 1 aliphatic rings. The molecule has 1 aromatic heterocycles. The van der Waals surface area contributed by atoms with Crippen molar-refractivity contribution in [1.29, 1.82) is 0 Å². The van der Waals surface area contributed by atoms with E-state index in [1.165, 1.54) is 11.3 Å². The average molecular weight is 442 g/mol. The molecule has 1 aliphatic carbocycles. The summed E-state index contributed by atoms with van der Waals surface area (Å²) in [7, 11) is 0. The normalized spacial score (nSPS) is 17.9. The maximum absolute atomic E-state index is 13.0. The average Bonchev–Trinajstić information content (AvgIpc) is 3.05. The minimum absolute atomic E-state index is 0.210. The predicted molar refractivity (Wildman–Crippen MR) is 122 cm³/mol. The summed E-state index contributed by atoms with van der Waals surface area (Å²) in [6.45, 7) is 7.88. The molecule has 0 saturated heterocycles. The molecule has 31 heavy (non-hydrogen) atoms. The summed E-state index contributed by atoms with van der Waals surface area (Å²) in [4.78, 5) is 38.4. The molecule has 0 radical (unpaired) electrons. The highest BCUT2D eigenvalue weighted by Crippen LogP contribution is 2.41. The number of aryl methyl sites for hydroxylation is 3. The van der Waals surface area contributed by atoms with E-state index in [1.54, 1.807) is 13.0 Å². The Bertz CT molecular complexity index is 1050. The van der Waals surface area contributed by atoms with Crippen LogP contribution in [0.4, 0.5) is 5.00 Å².